The molecule has 0 atom stereocenters. The van der Waals surface area contributed by atoms with E-state index in [0.717, 1.165) is 32.0 Å². The molecule has 0 aliphatic carbocycles. The first-order chi connectivity index (χ1) is 7.80. The normalized spacial score (nSPS) is 10.8. The average molecular weight is 221 g/mol. The van der Waals surface area contributed by atoms with E-state index >= 15 is 0 Å². The molecular weight excluding hydrogens is 198 g/mol. The van der Waals surface area contributed by atoms with Gasteiger partial charge in [0.15, 0.2) is 0 Å². The van der Waals surface area contributed by atoms with Crippen molar-refractivity contribution in [2.75, 3.05) is 25.0 Å². The van der Waals surface area contributed by atoms with Gasteiger partial charge in [0, 0.05) is 19.3 Å². The number of nitrogens with zero attached hydrogens (tertiary/aromatic N) is 2. The number of aromatic nitrogens is 1. The molecule has 0 spiro atoms. The summed E-state index contributed by atoms with van der Waals surface area (Å²) in [6.07, 6.45) is 3.17. The molecule has 16 heavy (non-hydrogen) atoms. The Hall–Kier alpha value is -1.09. The number of nitrogens with one attached hydrogen (secondary N) is 1. The fourth-order valence-electron chi connectivity index (χ4n) is 1.73. The minimum absolute atomic E-state index is 0.920. The van der Waals surface area contributed by atoms with E-state index in [4.69, 9.17) is 0 Å². The molecule has 1 aromatic heterocycles. The van der Waals surface area contributed by atoms with Crippen LogP contribution >= 0.6 is 0 Å². The molecule has 1 N–H and O–H groups in total. The van der Waals surface area contributed by atoms with Gasteiger partial charge in [-0.3, -0.25) is 4.90 Å². The second kappa shape index (κ2) is 7.23. The Morgan fingerprint density at radius 1 is 1.25 bits per heavy atom. The second-order valence-electron chi connectivity index (χ2n) is 3.95. The molecule has 0 fully saturated rings. The fraction of sp³-hybridized carbons (Fsp3) is 0.615. The number of anilines is 1. The number of hydrogen-bond acceptors (Lipinski definition) is 3. The molecular formula is C13H23N3. The van der Waals surface area contributed by atoms with Gasteiger partial charge in [-0.25, -0.2) is 4.98 Å². The molecule has 3 nitrogen and oxygen atoms in total. The van der Waals surface area contributed by atoms with E-state index in [1.165, 1.54) is 12.0 Å². The van der Waals surface area contributed by atoms with Crippen LogP contribution in [0.15, 0.2) is 18.3 Å². The zero-order valence-electron chi connectivity index (χ0n) is 10.7. The lowest BCUT2D eigenvalue weighted by Crippen LogP contribution is -2.23. The van der Waals surface area contributed by atoms with Gasteiger partial charge in [0.25, 0.3) is 0 Å². The quantitative estimate of drug-likeness (QED) is 0.767. The van der Waals surface area contributed by atoms with Crippen LogP contribution in [0.25, 0.3) is 0 Å². The molecule has 0 aliphatic heterocycles. The summed E-state index contributed by atoms with van der Waals surface area (Å²) < 4.78 is 0. The molecule has 0 saturated carbocycles. The third kappa shape index (κ3) is 4.19. The number of pyridine rings is 1. The maximum Gasteiger partial charge on any atom is 0.125 e. The molecule has 90 valence electrons. The zero-order chi connectivity index (χ0) is 11.8. The van der Waals surface area contributed by atoms with Crippen molar-refractivity contribution in [2.24, 2.45) is 0 Å². The molecule has 0 aromatic carbocycles. The predicted octanol–water partition coefficient (Wildman–Crippen LogP) is 2.75. The number of hydrogen-bond donors (Lipinski definition) is 1. The average Bonchev–Trinajstić information content (AvgIpc) is 2.31. The Balaban J connectivity index is 2.53. The highest BCUT2D eigenvalue weighted by Gasteiger charge is 2.02. The van der Waals surface area contributed by atoms with Crippen molar-refractivity contribution in [1.82, 2.24) is 9.88 Å². The van der Waals surface area contributed by atoms with E-state index in [1.807, 2.05) is 6.20 Å². The van der Waals surface area contributed by atoms with Crippen LogP contribution in [0.1, 0.15) is 32.8 Å². The Morgan fingerprint density at radius 3 is 2.56 bits per heavy atom. The monoisotopic (exact) mass is 221 g/mol. The summed E-state index contributed by atoms with van der Waals surface area (Å²) in [5.41, 5.74) is 1.29. The van der Waals surface area contributed by atoms with Gasteiger partial charge in [0.05, 0.1) is 0 Å². The minimum Gasteiger partial charge on any atom is -0.370 e. The molecule has 1 aromatic rings. The lowest BCUT2D eigenvalue weighted by Gasteiger charge is -2.19. The molecule has 0 amide bonds. The van der Waals surface area contributed by atoms with Crippen molar-refractivity contribution in [2.45, 2.75) is 33.7 Å². The van der Waals surface area contributed by atoms with Gasteiger partial charge in [-0.05, 0) is 38.1 Å². The van der Waals surface area contributed by atoms with Crippen molar-refractivity contribution in [3.8, 4) is 0 Å². The van der Waals surface area contributed by atoms with Crippen LogP contribution in [-0.4, -0.2) is 29.5 Å². The Kier molecular flexibility index (Phi) is 5.86. The van der Waals surface area contributed by atoms with Crippen LogP contribution in [0.5, 0.6) is 0 Å². The fourth-order valence-corrected chi connectivity index (χ4v) is 1.73. The Labute approximate surface area is 98.9 Å². The van der Waals surface area contributed by atoms with E-state index in [0.29, 0.717) is 0 Å². The van der Waals surface area contributed by atoms with E-state index in [9.17, 15) is 0 Å². The van der Waals surface area contributed by atoms with Crippen LogP contribution in [-0.2, 0) is 6.54 Å². The summed E-state index contributed by atoms with van der Waals surface area (Å²) in [6.45, 7) is 10.7. The van der Waals surface area contributed by atoms with Crippen LogP contribution in [0.2, 0.25) is 0 Å². The molecule has 0 aliphatic rings. The van der Waals surface area contributed by atoms with Crippen LogP contribution < -0.4 is 5.32 Å². The zero-order valence-corrected chi connectivity index (χ0v) is 10.7. The maximum absolute atomic E-state index is 4.38. The first-order valence-electron chi connectivity index (χ1n) is 6.21. The van der Waals surface area contributed by atoms with Gasteiger partial charge < -0.3 is 5.32 Å². The standard InChI is InChI=1S/C13H23N3/c1-4-9-16(6-3)11-12-7-8-13(14-5-2)15-10-12/h7-8,10H,4-6,9,11H2,1-3H3,(H,14,15). The minimum atomic E-state index is 0.920. The van der Waals surface area contributed by atoms with E-state index in [1.54, 1.807) is 0 Å². The predicted molar refractivity (Wildman–Crippen MR) is 69.6 cm³/mol. The Morgan fingerprint density at radius 2 is 2.06 bits per heavy atom. The highest BCUT2D eigenvalue weighted by molar-refractivity contribution is 5.35. The third-order valence-corrected chi connectivity index (χ3v) is 2.58. The van der Waals surface area contributed by atoms with Gasteiger partial charge in [-0.15, -0.1) is 0 Å². The molecule has 3 heteroatoms. The topological polar surface area (TPSA) is 28.2 Å². The number of rotatable bonds is 7. The summed E-state index contributed by atoms with van der Waals surface area (Å²) in [6, 6.07) is 4.21. The van der Waals surface area contributed by atoms with Crippen LogP contribution in [0.3, 0.4) is 0 Å². The second-order valence-corrected chi connectivity index (χ2v) is 3.95. The van der Waals surface area contributed by atoms with E-state index < -0.39 is 0 Å². The Bertz CT molecular complexity index is 282. The van der Waals surface area contributed by atoms with Crippen molar-refractivity contribution in [1.29, 1.82) is 0 Å². The summed E-state index contributed by atoms with van der Waals surface area (Å²) in [5, 5.41) is 3.20. The molecule has 0 radical (unpaired) electrons. The largest absolute Gasteiger partial charge is 0.370 e. The molecule has 1 heterocycles. The molecule has 0 saturated heterocycles. The molecule has 1 rings (SSSR count). The van der Waals surface area contributed by atoms with Crippen molar-refractivity contribution < 1.29 is 0 Å². The van der Waals surface area contributed by atoms with Crippen molar-refractivity contribution in [3.63, 3.8) is 0 Å². The molecule has 0 bridgehead atoms. The lowest BCUT2D eigenvalue weighted by atomic mass is 10.2. The van der Waals surface area contributed by atoms with Gasteiger partial charge >= 0.3 is 0 Å². The first-order valence-corrected chi connectivity index (χ1v) is 6.21. The first kappa shape index (κ1) is 13.0. The summed E-state index contributed by atoms with van der Waals surface area (Å²) in [7, 11) is 0. The van der Waals surface area contributed by atoms with Crippen LogP contribution in [0.4, 0.5) is 5.82 Å². The van der Waals surface area contributed by atoms with Gasteiger partial charge in [-0.1, -0.05) is 19.9 Å². The van der Waals surface area contributed by atoms with Gasteiger partial charge in [-0.2, -0.15) is 0 Å². The maximum atomic E-state index is 4.38. The lowest BCUT2D eigenvalue weighted by molar-refractivity contribution is 0.280. The van der Waals surface area contributed by atoms with E-state index in [2.05, 4.69) is 48.1 Å². The van der Waals surface area contributed by atoms with Gasteiger partial charge in [0.2, 0.25) is 0 Å². The third-order valence-electron chi connectivity index (χ3n) is 2.58. The van der Waals surface area contributed by atoms with Crippen molar-refractivity contribution >= 4 is 5.82 Å². The molecule has 0 unspecified atom stereocenters. The highest BCUT2D eigenvalue weighted by atomic mass is 15.1. The van der Waals surface area contributed by atoms with E-state index in [-0.39, 0.29) is 0 Å². The summed E-state index contributed by atoms with van der Waals surface area (Å²) in [5.74, 6) is 0.963. The summed E-state index contributed by atoms with van der Waals surface area (Å²) >= 11 is 0. The summed E-state index contributed by atoms with van der Waals surface area (Å²) in [4.78, 5) is 6.81. The SMILES string of the molecule is CCCN(CC)Cc1ccc(NCC)nc1. The highest BCUT2D eigenvalue weighted by Crippen LogP contribution is 2.07. The van der Waals surface area contributed by atoms with Crippen LogP contribution in [0, 0.1) is 0 Å². The van der Waals surface area contributed by atoms with Crippen molar-refractivity contribution in [3.05, 3.63) is 23.9 Å². The smallest absolute Gasteiger partial charge is 0.125 e. The van der Waals surface area contributed by atoms with Gasteiger partial charge in [0.1, 0.15) is 5.82 Å².